The second kappa shape index (κ2) is 3.87. The topological polar surface area (TPSA) is 34.4 Å². The molecular formula is C11H9F3N2O. The molecule has 2 aromatic rings. The van der Waals surface area contributed by atoms with Crippen LogP contribution in [0.4, 0.5) is 13.2 Å². The van der Waals surface area contributed by atoms with Gasteiger partial charge in [0.05, 0.1) is 5.69 Å². The molecular weight excluding hydrogens is 233 g/mol. The first kappa shape index (κ1) is 11.6. The summed E-state index contributed by atoms with van der Waals surface area (Å²) in [4.78, 5) is 15.6. The number of aryl methyl sites for hydroxylation is 1. The number of hydrogen-bond acceptors (Lipinski definition) is 2. The Labute approximate surface area is 94.5 Å². The van der Waals surface area contributed by atoms with Crippen LogP contribution in [-0.4, -0.2) is 9.38 Å². The average Bonchev–Trinajstić information content (AvgIpc) is 2.27. The van der Waals surface area contributed by atoms with Crippen molar-refractivity contribution in [2.45, 2.75) is 19.5 Å². The zero-order valence-electron chi connectivity index (χ0n) is 8.95. The van der Waals surface area contributed by atoms with E-state index in [0.29, 0.717) is 0 Å². The lowest BCUT2D eigenvalue weighted by molar-refractivity contribution is -0.139. The van der Waals surface area contributed by atoms with Crippen molar-refractivity contribution in [1.29, 1.82) is 0 Å². The number of alkyl halides is 3. The fourth-order valence-corrected chi connectivity index (χ4v) is 1.68. The van der Waals surface area contributed by atoms with Gasteiger partial charge in [0.15, 0.2) is 0 Å². The van der Waals surface area contributed by atoms with Gasteiger partial charge in [-0.1, -0.05) is 13.0 Å². The summed E-state index contributed by atoms with van der Waals surface area (Å²) in [6.07, 6.45) is -3.33. The van der Waals surface area contributed by atoms with Crippen LogP contribution < -0.4 is 5.56 Å². The van der Waals surface area contributed by atoms with Gasteiger partial charge in [0.25, 0.3) is 5.56 Å². The Morgan fingerprint density at radius 1 is 1.35 bits per heavy atom. The van der Waals surface area contributed by atoms with E-state index in [1.807, 2.05) is 0 Å². The molecule has 0 aliphatic heterocycles. The Bertz CT molecular complexity index is 616. The van der Waals surface area contributed by atoms with E-state index in [1.165, 1.54) is 25.3 Å². The van der Waals surface area contributed by atoms with Gasteiger partial charge in [0, 0.05) is 6.20 Å². The monoisotopic (exact) mass is 242 g/mol. The van der Waals surface area contributed by atoms with Crippen molar-refractivity contribution < 1.29 is 13.2 Å². The molecule has 0 saturated carbocycles. The van der Waals surface area contributed by atoms with Gasteiger partial charge in [0.2, 0.25) is 0 Å². The third-order valence-electron chi connectivity index (χ3n) is 2.43. The molecule has 0 amide bonds. The van der Waals surface area contributed by atoms with Gasteiger partial charge >= 0.3 is 6.18 Å². The van der Waals surface area contributed by atoms with Crippen molar-refractivity contribution in [2.75, 3.05) is 0 Å². The van der Waals surface area contributed by atoms with Crippen LogP contribution in [0.3, 0.4) is 0 Å². The van der Waals surface area contributed by atoms with Crippen molar-refractivity contribution >= 4 is 5.65 Å². The number of aromatic nitrogens is 2. The van der Waals surface area contributed by atoms with Gasteiger partial charge in [-0.2, -0.15) is 13.2 Å². The first-order valence-corrected chi connectivity index (χ1v) is 5.02. The molecule has 0 aliphatic rings. The maximum atomic E-state index is 12.8. The highest BCUT2D eigenvalue weighted by molar-refractivity contribution is 5.41. The summed E-state index contributed by atoms with van der Waals surface area (Å²) in [6.45, 7) is 1.54. The summed E-state index contributed by atoms with van der Waals surface area (Å²) in [6, 6.07) is 4.61. The third-order valence-corrected chi connectivity index (χ3v) is 2.43. The summed E-state index contributed by atoms with van der Waals surface area (Å²) in [5, 5.41) is 0. The van der Waals surface area contributed by atoms with Crippen LogP contribution in [0, 0.1) is 0 Å². The molecule has 6 heteroatoms. The molecule has 3 nitrogen and oxygen atoms in total. The Morgan fingerprint density at radius 3 is 2.65 bits per heavy atom. The molecule has 0 aliphatic carbocycles. The summed E-state index contributed by atoms with van der Waals surface area (Å²) in [5.74, 6) is 0. The molecule has 0 fully saturated rings. The number of rotatable bonds is 1. The zero-order valence-corrected chi connectivity index (χ0v) is 8.95. The Morgan fingerprint density at radius 2 is 2.06 bits per heavy atom. The highest BCUT2D eigenvalue weighted by atomic mass is 19.4. The SMILES string of the molecule is CCc1nc2ccccn2c(=O)c1C(F)(F)F. The minimum absolute atomic E-state index is 0.0650. The van der Waals surface area contributed by atoms with Crippen molar-refractivity contribution in [1.82, 2.24) is 9.38 Å². The van der Waals surface area contributed by atoms with Gasteiger partial charge < -0.3 is 0 Å². The predicted octanol–water partition coefficient (Wildman–Crippen LogP) is 2.28. The maximum absolute atomic E-state index is 12.8. The van der Waals surface area contributed by atoms with Crippen molar-refractivity contribution in [3.8, 4) is 0 Å². The standard InChI is InChI=1S/C11H9F3N2O/c1-2-7-9(11(12,13)14)10(17)16-6-4-3-5-8(16)15-7/h3-6H,2H2,1H3. The molecule has 90 valence electrons. The van der Waals surface area contributed by atoms with Crippen molar-refractivity contribution in [3.05, 3.63) is 46.0 Å². The van der Waals surface area contributed by atoms with E-state index in [9.17, 15) is 18.0 Å². The largest absolute Gasteiger partial charge is 0.423 e. The normalized spacial score (nSPS) is 12.0. The Hall–Kier alpha value is -1.85. The van der Waals surface area contributed by atoms with Crippen LogP contribution in [0.15, 0.2) is 29.2 Å². The van der Waals surface area contributed by atoms with E-state index >= 15 is 0 Å². The molecule has 17 heavy (non-hydrogen) atoms. The third kappa shape index (κ3) is 1.90. The van der Waals surface area contributed by atoms with Crippen LogP contribution in [0.5, 0.6) is 0 Å². The molecule has 0 aromatic carbocycles. The van der Waals surface area contributed by atoms with E-state index in [-0.39, 0.29) is 17.8 Å². The number of halogens is 3. The molecule has 2 rings (SSSR count). The van der Waals surface area contributed by atoms with E-state index < -0.39 is 17.3 Å². The molecule has 0 spiro atoms. The van der Waals surface area contributed by atoms with E-state index in [2.05, 4.69) is 4.98 Å². The summed E-state index contributed by atoms with van der Waals surface area (Å²) in [7, 11) is 0. The summed E-state index contributed by atoms with van der Waals surface area (Å²) < 4.78 is 39.2. The molecule has 0 saturated heterocycles. The highest BCUT2D eigenvalue weighted by Crippen LogP contribution is 2.28. The van der Waals surface area contributed by atoms with Gasteiger partial charge in [-0.05, 0) is 18.6 Å². The Balaban J connectivity index is 2.92. The molecule has 0 atom stereocenters. The summed E-state index contributed by atoms with van der Waals surface area (Å²) >= 11 is 0. The number of pyridine rings is 1. The van der Waals surface area contributed by atoms with Gasteiger partial charge in [-0.25, -0.2) is 4.98 Å². The lowest BCUT2D eigenvalue weighted by atomic mass is 10.1. The van der Waals surface area contributed by atoms with Crippen molar-refractivity contribution in [2.24, 2.45) is 0 Å². The zero-order chi connectivity index (χ0) is 12.6. The second-order valence-corrected chi connectivity index (χ2v) is 3.52. The van der Waals surface area contributed by atoms with Crippen LogP contribution in [0.1, 0.15) is 18.2 Å². The number of fused-ring (bicyclic) bond motifs is 1. The Kier molecular flexibility index (Phi) is 2.65. The molecule has 0 N–H and O–H groups in total. The minimum atomic E-state index is -4.67. The lowest BCUT2D eigenvalue weighted by Gasteiger charge is -2.11. The highest BCUT2D eigenvalue weighted by Gasteiger charge is 2.37. The van der Waals surface area contributed by atoms with Crippen molar-refractivity contribution in [3.63, 3.8) is 0 Å². The molecule has 2 heterocycles. The molecule has 0 bridgehead atoms. The van der Waals surface area contributed by atoms with Crippen LogP contribution in [0.25, 0.3) is 5.65 Å². The molecule has 2 aromatic heterocycles. The summed E-state index contributed by atoms with van der Waals surface area (Å²) in [5.41, 5.74) is -2.24. The average molecular weight is 242 g/mol. The fourth-order valence-electron chi connectivity index (χ4n) is 1.68. The van der Waals surface area contributed by atoms with Crippen LogP contribution in [0.2, 0.25) is 0 Å². The molecule has 0 radical (unpaired) electrons. The second-order valence-electron chi connectivity index (χ2n) is 3.52. The molecule has 0 unspecified atom stereocenters. The van der Waals surface area contributed by atoms with Gasteiger partial charge in [0.1, 0.15) is 11.2 Å². The first-order valence-electron chi connectivity index (χ1n) is 5.02. The predicted molar refractivity (Wildman–Crippen MR) is 55.8 cm³/mol. The smallest absolute Gasteiger partial charge is 0.268 e. The lowest BCUT2D eigenvalue weighted by Crippen LogP contribution is -2.28. The van der Waals surface area contributed by atoms with Crippen LogP contribution in [-0.2, 0) is 12.6 Å². The van der Waals surface area contributed by atoms with E-state index in [1.54, 1.807) is 6.07 Å². The first-order chi connectivity index (χ1) is 7.95. The quantitative estimate of drug-likeness (QED) is 0.768. The van der Waals surface area contributed by atoms with E-state index in [4.69, 9.17) is 0 Å². The van der Waals surface area contributed by atoms with Gasteiger partial charge in [-0.3, -0.25) is 9.20 Å². The van der Waals surface area contributed by atoms with Gasteiger partial charge in [-0.15, -0.1) is 0 Å². The van der Waals surface area contributed by atoms with E-state index in [0.717, 1.165) is 4.40 Å². The number of nitrogens with zero attached hydrogens (tertiary/aromatic N) is 2. The fraction of sp³-hybridized carbons (Fsp3) is 0.273. The minimum Gasteiger partial charge on any atom is -0.268 e. The number of hydrogen-bond donors (Lipinski definition) is 0. The maximum Gasteiger partial charge on any atom is 0.423 e. The van der Waals surface area contributed by atoms with Crippen LogP contribution >= 0.6 is 0 Å².